The highest BCUT2D eigenvalue weighted by atomic mass is 35.5. The Bertz CT molecular complexity index is 869. The van der Waals surface area contributed by atoms with Crippen LogP contribution in [0.25, 0.3) is 0 Å². The maximum atomic E-state index is 12.3. The number of anilines is 1. The summed E-state index contributed by atoms with van der Waals surface area (Å²) in [6.45, 7) is 1.23. The summed E-state index contributed by atoms with van der Waals surface area (Å²) in [5.41, 5.74) is 2.71. The Morgan fingerprint density at radius 1 is 0.889 bits per heavy atom. The Kier molecular flexibility index (Phi) is 6.77. The van der Waals surface area contributed by atoms with Gasteiger partial charge < -0.3 is 10.6 Å². The summed E-state index contributed by atoms with van der Waals surface area (Å²) in [7, 11) is 0. The molecule has 3 rings (SSSR count). The Balaban J connectivity index is 1.47. The summed E-state index contributed by atoms with van der Waals surface area (Å²) in [6.07, 6.45) is 3.18. The molecule has 0 aliphatic heterocycles. The minimum Gasteiger partial charge on any atom is -0.354 e. The first-order valence-corrected chi connectivity index (χ1v) is 9.22. The third-order valence-corrected chi connectivity index (χ3v) is 4.29. The second kappa shape index (κ2) is 9.69. The molecular formula is C21H21ClN4O. The predicted octanol–water partition coefficient (Wildman–Crippen LogP) is 3.76. The molecule has 0 unspecified atom stereocenters. The number of carbonyl (C=O) groups excluding carboxylic acids is 1. The van der Waals surface area contributed by atoms with E-state index in [9.17, 15) is 4.79 Å². The number of halogens is 1. The van der Waals surface area contributed by atoms with E-state index in [1.807, 2.05) is 54.6 Å². The first kappa shape index (κ1) is 18.9. The molecule has 5 nitrogen and oxygen atoms in total. The number of aromatic nitrogens is 2. The molecule has 0 saturated heterocycles. The maximum absolute atomic E-state index is 12.3. The van der Waals surface area contributed by atoms with Gasteiger partial charge in [0.1, 0.15) is 5.69 Å². The lowest BCUT2D eigenvalue weighted by Crippen LogP contribution is -2.27. The third-order valence-electron chi connectivity index (χ3n) is 4.04. The molecule has 2 aromatic carbocycles. The molecule has 0 bridgehead atoms. The van der Waals surface area contributed by atoms with Crippen molar-refractivity contribution in [2.24, 2.45) is 0 Å². The van der Waals surface area contributed by atoms with Crippen LogP contribution in [-0.4, -0.2) is 29.0 Å². The molecule has 1 amide bonds. The van der Waals surface area contributed by atoms with Gasteiger partial charge in [-0.05, 0) is 42.2 Å². The zero-order chi connectivity index (χ0) is 18.9. The number of hydrogen-bond donors (Lipinski definition) is 2. The molecule has 1 aromatic heterocycles. The van der Waals surface area contributed by atoms with Crippen LogP contribution in [0.4, 0.5) is 5.95 Å². The summed E-state index contributed by atoms with van der Waals surface area (Å²) in [5, 5.41) is 6.77. The van der Waals surface area contributed by atoms with Gasteiger partial charge in [-0.1, -0.05) is 54.1 Å². The quantitative estimate of drug-likeness (QED) is 0.624. The number of nitrogens with zero attached hydrogens (tertiary/aromatic N) is 2. The smallest absolute Gasteiger partial charge is 0.270 e. The normalized spacial score (nSPS) is 10.4. The average molecular weight is 381 g/mol. The third kappa shape index (κ3) is 6.08. The molecule has 27 heavy (non-hydrogen) atoms. The van der Waals surface area contributed by atoms with Gasteiger partial charge in [-0.2, -0.15) is 0 Å². The summed E-state index contributed by atoms with van der Waals surface area (Å²) < 4.78 is 0. The number of nitrogens with one attached hydrogen (secondary N) is 2. The van der Waals surface area contributed by atoms with Gasteiger partial charge in [0.2, 0.25) is 5.95 Å². The molecule has 3 aromatic rings. The Labute approximate surface area is 163 Å². The first-order valence-electron chi connectivity index (χ1n) is 8.84. The van der Waals surface area contributed by atoms with Crippen molar-refractivity contribution >= 4 is 23.5 Å². The molecule has 0 radical (unpaired) electrons. The van der Waals surface area contributed by atoms with E-state index in [-0.39, 0.29) is 5.91 Å². The summed E-state index contributed by atoms with van der Waals surface area (Å²) in [4.78, 5) is 20.7. The second-order valence-electron chi connectivity index (χ2n) is 6.06. The molecule has 1 heterocycles. The number of hydrogen-bond acceptors (Lipinski definition) is 4. The SMILES string of the molecule is O=C(NCCc1ccccc1)c1ccnc(NCCc2ccc(Cl)cc2)n1. The van der Waals surface area contributed by atoms with E-state index >= 15 is 0 Å². The van der Waals surface area contributed by atoms with Crippen molar-refractivity contribution in [1.29, 1.82) is 0 Å². The first-order chi connectivity index (χ1) is 13.2. The van der Waals surface area contributed by atoms with Gasteiger partial charge in [-0.3, -0.25) is 4.79 Å². The van der Waals surface area contributed by atoms with Gasteiger partial charge in [0.05, 0.1) is 0 Å². The number of amides is 1. The molecule has 0 aliphatic rings. The topological polar surface area (TPSA) is 66.9 Å². The van der Waals surface area contributed by atoms with Gasteiger partial charge in [-0.15, -0.1) is 0 Å². The van der Waals surface area contributed by atoms with E-state index in [1.54, 1.807) is 12.3 Å². The molecule has 0 aliphatic carbocycles. The standard InChI is InChI=1S/C21H21ClN4O/c22-18-8-6-17(7-9-18)11-14-24-21-25-15-12-19(26-21)20(27)23-13-10-16-4-2-1-3-5-16/h1-9,12,15H,10-11,13-14H2,(H,23,27)(H,24,25,26). The van der Waals surface area contributed by atoms with Crippen LogP contribution in [0.5, 0.6) is 0 Å². The van der Waals surface area contributed by atoms with E-state index in [0.717, 1.165) is 17.9 Å². The minimum atomic E-state index is -0.200. The molecule has 0 fully saturated rings. The number of benzene rings is 2. The molecule has 6 heteroatoms. The Hall–Kier alpha value is -2.92. The highest BCUT2D eigenvalue weighted by molar-refractivity contribution is 6.30. The summed E-state index contributed by atoms with van der Waals surface area (Å²) in [5.74, 6) is 0.244. The molecular weight excluding hydrogens is 360 g/mol. The van der Waals surface area contributed by atoms with Crippen LogP contribution in [0.2, 0.25) is 5.02 Å². The van der Waals surface area contributed by atoms with Crippen molar-refractivity contribution in [1.82, 2.24) is 15.3 Å². The lowest BCUT2D eigenvalue weighted by Gasteiger charge is -2.08. The number of rotatable bonds is 8. The molecule has 138 valence electrons. The monoisotopic (exact) mass is 380 g/mol. The van der Waals surface area contributed by atoms with Crippen LogP contribution in [0, 0.1) is 0 Å². The Morgan fingerprint density at radius 2 is 1.59 bits per heavy atom. The van der Waals surface area contributed by atoms with Gasteiger partial charge in [0.15, 0.2) is 0 Å². The number of carbonyl (C=O) groups is 1. The van der Waals surface area contributed by atoms with E-state index in [1.165, 1.54) is 11.1 Å². The van der Waals surface area contributed by atoms with Crippen molar-refractivity contribution < 1.29 is 4.79 Å². The summed E-state index contributed by atoms with van der Waals surface area (Å²) in [6, 6.07) is 19.4. The molecule has 0 spiro atoms. The van der Waals surface area contributed by atoms with E-state index in [4.69, 9.17) is 11.6 Å². The summed E-state index contributed by atoms with van der Waals surface area (Å²) >= 11 is 5.89. The lowest BCUT2D eigenvalue weighted by molar-refractivity contribution is 0.0949. The average Bonchev–Trinajstić information content (AvgIpc) is 2.70. The van der Waals surface area contributed by atoms with Crippen molar-refractivity contribution in [2.75, 3.05) is 18.4 Å². The van der Waals surface area contributed by atoms with E-state index in [0.29, 0.717) is 24.7 Å². The zero-order valence-corrected chi connectivity index (χ0v) is 15.6. The highest BCUT2D eigenvalue weighted by Crippen LogP contribution is 2.10. The van der Waals surface area contributed by atoms with E-state index in [2.05, 4.69) is 20.6 Å². The molecule has 0 saturated carbocycles. The largest absolute Gasteiger partial charge is 0.354 e. The zero-order valence-electron chi connectivity index (χ0n) is 14.9. The lowest BCUT2D eigenvalue weighted by atomic mass is 10.1. The second-order valence-corrected chi connectivity index (χ2v) is 6.50. The molecule has 0 atom stereocenters. The predicted molar refractivity (Wildman–Crippen MR) is 108 cm³/mol. The van der Waals surface area contributed by atoms with Crippen molar-refractivity contribution in [3.63, 3.8) is 0 Å². The van der Waals surface area contributed by atoms with Gasteiger partial charge in [-0.25, -0.2) is 9.97 Å². The van der Waals surface area contributed by atoms with Crippen molar-refractivity contribution in [3.05, 3.63) is 88.7 Å². The fraction of sp³-hybridized carbons (Fsp3) is 0.190. The van der Waals surface area contributed by atoms with Crippen LogP contribution < -0.4 is 10.6 Å². The van der Waals surface area contributed by atoms with Gasteiger partial charge in [0.25, 0.3) is 5.91 Å². The van der Waals surface area contributed by atoms with Crippen molar-refractivity contribution in [2.45, 2.75) is 12.8 Å². The maximum Gasteiger partial charge on any atom is 0.270 e. The van der Waals surface area contributed by atoms with Gasteiger partial charge >= 0.3 is 0 Å². The van der Waals surface area contributed by atoms with Crippen molar-refractivity contribution in [3.8, 4) is 0 Å². The highest BCUT2D eigenvalue weighted by Gasteiger charge is 2.08. The minimum absolute atomic E-state index is 0.200. The fourth-order valence-corrected chi connectivity index (χ4v) is 2.72. The Morgan fingerprint density at radius 3 is 2.37 bits per heavy atom. The molecule has 2 N–H and O–H groups in total. The van der Waals surface area contributed by atoms with E-state index < -0.39 is 0 Å². The fourth-order valence-electron chi connectivity index (χ4n) is 2.60. The van der Waals surface area contributed by atoms with Crippen LogP contribution in [0.1, 0.15) is 21.6 Å². The van der Waals surface area contributed by atoms with Crippen LogP contribution in [-0.2, 0) is 12.8 Å². The van der Waals surface area contributed by atoms with Crippen LogP contribution in [0.3, 0.4) is 0 Å². The van der Waals surface area contributed by atoms with Crippen LogP contribution in [0.15, 0.2) is 66.9 Å². The van der Waals surface area contributed by atoms with Crippen LogP contribution >= 0.6 is 11.6 Å². The van der Waals surface area contributed by atoms with Gasteiger partial charge in [0, 0.05) is 24.3 Å².